The molecule has 2 heterocycles. The van der Waals surface area contributed by atoms with Crippen LogP contribution in [0.25, 0.3) is 0 Å². The van der Waals surface area contributed by atoms with Gasteiger partial charge in [-0.15, -0.1) is 0 Å². The van der Waals surface area contributed by atoms with Gasteiger partial charge in [0, 0.05) is 19.0 Å². The topological polar surface area (TPSA) is 30.5 Å². The Bertz CT molecular complexity index is 496. The first-order valence-corrected chi connectivity index (χ1v) is 7.23. The standard InChI is InChI=1S/C15H18F3NO2/c16-15(17,18)11-3-4-12(19-9-11)10-2-5-13-14(8-10)21-7-1-6-20-13/h2,5,8,11-12,19H,1,3-4,6-7,9H2. The molecule has 0 saturated carbocycles. The van der Waals surface area contributed by atoms with E-state index in [-0.39, 0.29) is 19.0 Å². The average molecular weight is 301 g/mol. The molecule has 0 amide bonds. The van der Waals surface area contributed by atoms with E-state index >= 15 is 0 Å². The monoisotopic (exact) mass is 301 g/mol. The van der Waals surface area contributed by atoms with Crippen LogP contribution >= 0.6 is 0 Å². The predicted molar refractivity (Wildman–Crippen MR) is 71.6 cm³/mol. The highest BCUT2D eigenvalue weighted by molar-refractivity contribution is 5.44. The first kappa shape index (κ1) is 14.5. The quantitative estimate of drug-likeness (QED) is 0.862. The lowest BCUT2D eigenvalue weighted by atomic mass is 9.90. The minimum Gasteiger partial charge on any atom is -0.490 e. The summed E-state index contributed by atoms with van der Waals surface area (Å²) in [5.74, 6) is 0.152. The van der Waals surface area contributed by atoms with Gasteiger partial charge in [0.1, 0.15) is 0 Å². The summed E-state index contributed by atoms with van der Waals surface area (Å²) in [7, 11) is 0. The highest BCUT2D eigenvalue weighted by Gasteiger charge is 2.41. The molecular weight excluding hydrogens is 283 g/mol. The molecular formula is C15H18F3NO2. The zero-order valence-electron chi connectivity index (χ0n) is 11.6. The van der Waals surface area contributed by atoms with E-state index in [2.05, 4.69) is 5.32 Å². The number of nitrogens with one attached hydrogen (secondary N) is 1. The summed E-state index contributed by atoms with van der Waals surface area (Å²) in [5, 5.41) is 3.00. The van der Waals surface area contributed by atoms with Crippen molar-refractivity contribution in [2.45, 2.75) is 31.5 Å². The van der Waals surface area contributed by atoms with Crippen LogP contribution in [0, 0.1) is 5.92 Å². The summed E-state index contributed by atoms with van der Waals surface area (Å²) >= 11 is 0. The number of benzene rings is 1. The van der Waals surface area contributed by atoms with E-state index in [0.29, 0.717) is 31.1 Å². The summed E-state index contributed by atoms with van der Waals surface area (Å²) < 4.78 is 49.2. The first-order valence-electron chi connectivity index (χ1n) is 7.23. The van der Waals surface area contributed by atoms with Gasteiger partial charge in [0.15, 0.2) is 11.5 Å². The number of halogens is 3. The van der Waals surface area contributed by atoms with Crippen LogP contribution in [0.3, 0.4) is 0 Å². The summed E-state index contributed by atoms with van der Waals surface area (Å²) in [4.78, 5) is 0. The summed E-state index contributed by atoms with van der Waals surface area (Å²) in [5.41, 5.74) is 0.958. The smallest absolute Gasteiger partial charge is 0.393 e. The zero-order valence-corrected chi connectivity index (χ0v) is 11.6. The highest BCUT2D eigenvalue weighted by Crippen LogP contribution is 2.38. The minimum atomic E-state index is -4.11. The van der Waals surface area contributed by atoms with Gasteiger partial charge < -0.3 is 14.8 Å². The zero-order chi connectivity index (χ0) is 14.9. The molecule has 3 nitrogen and oxygen atoms in total. The van der Waals surface area contributed by atoms with Crippen molar-refractivity contribution < 1.29 is 22.6 Å². The molecule has 0 aromatic heterocycles. The maximum Gasteiger partial charge on any atom is 0.393 e. The molecule has 0 radical (unpaired) electrons. The molecule has 21 heavy (non-hydrogen) atoms. The molecule has 0 spiro atoms. The van der Waals surface area contributed by atoms with E-state index in [9.17, 15) is 13.2 Å². The largest absolute Gasteiger partial charge is 0.490 e. The van der Waals surface area contributed by atoms with Gasteiger partial charge in [-0.25, -0.2) is 0 Å². The number of hydrogen-bond donors (Lipinski definition) is 1. The molecule has 2 atom stereocenters. The van der Waals surface area contributed by atoms with Crippen molar-refractivity contribution in [1.82, 2.24) is 5.32 Å². The Balaban J connectivity index is 1.70. The minimum absolute atomic E-state index is 0.0252. The average Bonchev–Trinajstić information content (AvgIpc) is 2.71. The van der Waals surface area contributed by atoms with Crippen LogP contribution in [-0.4, -0.2) is 25.9 Å². The number of piperidine rings is 1. The summed E-state index contributed by atoms with van der Waals surface area (Å²) in [6.07, 6.45) is -2.64. The Morgan fingerprint density at radius 2 is 1.81 bits per heavy atom. The second kappa shape index (κ2) is 5.75. The second-order valence-electron chi connectivity index (χ2n) is 5.53. The summed E-state index contributed by atoms with van der Waals surface area (Å²) in [6, 6.07) is 5.57. The lowest BCUT2D eigenvalue weighted by Gasteiger charge is -2.31. The normalized spacial score (nSPS) is 26.2. The Morgan fingerprint density at radius 1 is 1.05 bits per heavy atom. The Labute approximate surface area is 121 Å². The Kier molecular flexibility index (Phi) is 3.97. The van der Waals surface area contributed by atoms with E-state index in [0.717, 1.165) is 12.0 Å². The van der Waals surface area contributed by atoms with Gasteiger partial charge >= 0.3 is 6.18 Å². The first-order chi connectivity index (χ1) is 10.0. The molecule has 0 bridgehead atoms. The lowest BCUT2D eigenvalue weighted by Crippen LogP contribution is -2.40. The maximum absolute atomic E-state index is 12.7. The van der Waals surface area contributed by atoms with Crippen LogP contribution in [0.4, 0.5) is 13.2 Å². The van der Waals surface area contributed by atoms with Gasteiger partial charge in [0.2, 0.25) is 0 Å². The fourth-order valence-electron chi connectivity index (χ4n) is 2.82. The van der Waals surface area contributed by atoms with Crippen molar-refractivity contribution in [2.75, 3.05) is 19.8 Å². The molecule has 2 aliphatic rings. The molecule has 2 unspecified atom stereocenters. The molecule has 1 saturated heterocycles. The lowest BCUT2D eigenvalue weighted by molar-refractivity contribution is -0.179. The van der Waals surface area contributed by atoms with Crippen molar-refractivity contribution in [2.24, 2.45) is 5.92 Å². The number of hydrogen-bond acceptors (Lipinski definition) is 3. The van der Waals surface area contributed by atoms with Crippen molar-refractivity contribution in [3.05, 3.63) is 23.8 Å². The van der Waals surface area contributed by atoms with Crippen LogP contribution in [0.2, 0.25) is 0 Å². The van der Waals surface area contributed by atoms with Crippen LogP contribution in [-0.2, 0) is 0 Å². The van der Waals surface area contributed by atoms with Crippen molar-refractivity contribution in [3.8, 4) is 11.5 Å². The SMILES string of the molecule is FC(F)(F)C1CCC(c2ccc3c(c2)OCCCO3)NC1. The van der Waals surface area contributed by atoms with E-state index in [1.165, 1.54) is 0 Å². The van der Waals surface area contributed by atoms with Gasteiger partial charge in [-0.2, -0.15) is 13.2 Å². The van der Waals surface area contributed by atoms with E-state index in [1.54, 1.807) is 0 Å². The number of ether oxygens (including phenoxy) is 2. The van der Waals surface area contributed by atoms with Gasteiger partial charge in [0.05, 0.1) is 19.1 Å². The van der Waals surface area contributed by atoms with E-state index < -0.39 is 12.1 Å². The molecule has 1 N–H and O–H groups in total. The summed E-state index contributed by atoms with van der Waals surface area (Å²) in [6.45, 7) is 1.20. The molecule has 116 valence electrons. The number of alkyl halides is 3. The number of fused-ring (bicyclic) bond motifs is 1. The fraction of sp³-hybridized carbons (Fsp3) is 0.600. The predicted octanol–water partition coefficient (Wildman–Crippen LogP) is 3.45. The van der Waals surface area contributed by atoms with E-state index in [1.807, 2.05) is 18.2 Å². The van der Waals surface area contributed by atoms with Crippen molar-refractivity contribution in [1.29, 1.82) is 0 Å². The van der Waals surface area contributed by atoms with Crippen LogP contribution in [0.5, 0.6) is 11.5 Å². The van der Waals surface area contributed by atoms with Crippen LogP contribution in [0.15, 0.2) is 18.2 Å². The van der Waals surface area contributed by atoms with Gasteiger partial charge in [-0.3, -0.25) is 0 Å². The third-order valence-electron chi connectivity index (χ3n) is 4.05. The molecule has 6 heteroatoms. The number of rotatable bonds is 1. The Hall–Kier alpha value is -1.43. The molecule has 1 aromatic rings. The third-order valence-corrected chi connectivity index (χ3v) is 4.05. The molecule has 0 aliphatic carbocycles. The highest BCUT2D eigenvalue weighted by atomic mass is 19.4. The van der Waals surface area contributed by atoms with Crippen LogP contribution < -0.4 is 14.8 Å². The maximum atomic E-state index is 12.7. The molecule has 3 rings (SSSR count). The molecule has 2 aliphatic heterocycles. The fourth-order valence-corrected chi connectivity index (χ4v) is 2.82. The van der Waals surface area contributed by atoms with Gasteiger partial charge in [-0.05, 0) is 30.5 Å². The van der Waals surface area contributed by atoms with Gasteiger partial charge in [-0.1, -0.05) is 6.07 Å². The van der Waals surface area contributed by atoms with E-state index in [4.69, 9.17) is 9.47 Å². The molecule has 1 fully saturated rings. The van der Waals surface area contributed by atoms with Crippen molar-refractivity contribution >= 4 is 0 Å². The third kappa shape index (κ3) is 3.26. The van der Waals surface area contributed by atoms with Gasteiger partial charge in [0.25, 0.3) is 0 Å². The second-order valence-corrected chi connectivity index (χ2v) is 5.53. The Morgan fingerprint density at radius 3 is 2.48 bits per heavy atom. The molecule has 1 aromatic carbocycles. The van der Waals surface area contributed by atoms with Crippen molar-refractivity contribution in [3.63, 3.8) is 0 Å². The van der Waals surface area contributed by atoms with Crippen LogP contribution in [0.1, 0.15) is 30.9 Å².